The van der Waals surface area contributed by atoms with Gasteiger partial charge in [-0.05, 0) is 39.2 Å². The molecule has 0 fully saturated rings. The van der Waals surface area contributed by atoms with E-state index >= 15 is 0 Å². The summed E-state index contributed by atoms with van der Waals surface area (Å²) in [5, 5.41) is 8.70. The molecule has 1 aromatic heterocycles. The van der Waals surface area contributed by atoms with Crippen LogP contribution in [0, 0.1) is 12.3 Å². The van der Waals surface area contributed by atoms with Gasteiger partial charge in [-0.2, -0.15) is 5.10 Å². The maximum atomic E-state index is 6.33. The van der Waals surface area contributed by atoms with Gasteiger partial charge in [0.2, 0.25) is 0 Å². The summed E-state index contributed by atoms with van der Waals surface area (Å²) in [5.41, 5.74) is 2.36. The summed E-state index contributed by atoms with van der Waals surface area (Å²) in [4.78, 5) is 0. The van der Waals surface area contributed by atoms with Crippen molar-refractivity contribution in [3.8, 4) is 0 Å². The van der Waals surface area contributed by atoms with Crippen molar-refractivity contribution in [3.63, 3.8) is 0 Å². The number of nitrogens with zero attached hydrogens (tertiary/aromatic N) is 2. The monoisotopic (exact) mass is 271 g/mol. The lowest BCUT2D eigenvalue weighted by Crippen LogP contribution is -2.38. The fourth-order valence-electron chi connectivity index (χ4n) is 2.40. The van der Waals surface area contributed by atoms with Crippen LogP contribution in [-0.4, -0.2) is 22.9 Å². The summed E-state index contributed by atoms with van der Waals surface area (Å²) in [5.74, 6) is 0. The number of hydrogen-bond acceptors (Lipinski definition) is 2. The van der Waals surface area contributed by atoms with Crippen LogP contribution in [0.4, 0.5) is 0 Å². The van der Waals surface area contributed by atoms with Gasteiger partial charge in [0.25, 0.3) is 0 Å². The molecular formula is C14H26ClN3. The average Bonchev–Trinajstić information content (AvgIpc) is 2.55. The third-order valence-corrected chi connectivity index (χ3v) is 4.01. The van der Waals surface area contributed by atoms with Crippen molar-refractivity contribution in [1.29, 1.82) is 0 Å². The summed E-state index contributed by atoms with van der Waals surface area (Å²) in [6, 6.07) is 0.481. The minimum atomic E-state index is 0.257. The van der Waals surface area contributed by atoms with Gasteiger partial charge in [0.15, 0.2) is 0 Å². The Hall–Kier alpha value is -0.540. The van der Waals surface area contributed by atoms with Gasteiger partial charge in [-0.1, -0.05) is 32.4 Å². The first kappa shape index (κ1) is 15.5. The molecule has 1 unspecified atom stereocenters. The predicted molar refractivity (Wildman–Crippen MR) is 78.3 cm³/mol. The van der Waals surface area contributed by atoms with Crippen molar-refractivity contribution in [2.75, 3.05) is 7.05 Å². The zero-order chi connectivity index (χ0) is 13.9. The van der Waals surface area contributed by atoms with E-state index in [2.05, 4.69) is 38.1 Å². The number of aromatic nitrogens is 2. The SMILES string of the molecule is CCn1nc(C)c(Cl)c1CCC(NC)C(C)(C)C. The molecule has 3 nitrogen and oxygen atoms in total. The quantitative estimate of drug-likeness (QED) is 0.889. The highest BCUT2D eigenvalue weighted by molar-refractivity contribution is 6.31. The van der Waals surface area contributed by atoms with E-state index in [9.17, 15) is 0 Å². The standard InChI is InChI=1S/C14H26ClN3/c1-7-18-11(13(15)10(2)17-18)8-9-12(16-6)14(3,4)5/h12,16H,7-9H2,1-6H3. The van der Waals surface area contributed by atoms with Crippen molar-refractivity contribution in [2.24, 2.45) is 5.41 Å². The molecule has 0 radical (unpaired) electrons. The third-order valence-electron chi connectivity index (χ3n) is 3.52. The van der Waals surface area contributed by atoms with Crippen LogP contribution < -0.4 is 5.32 Å². The van der Waals surface area contributed by atoms with Crippen LogP contribution in [-0.2, 0) is 13.0 Å². The largest absolute Gasteiger partial charge is 0.316 e. The van der Waals surface area contributed by atoms with Crippen LogP contribution in [0.15, 0.2) is 0 Å². The molecule has 0 bridgehead atoms. The topological polar surface area (TPSA) is 29.9 Å². The van der Waals surface area contributed by atoms with Crippen LogP contribution in [0.5, 0.6) is 0 Å². The van der Waals surface area contributed by atoms with E-state index in [0.29, 0.717) is 6.04 Å². The molecule has 1 rings (SSSR count). The van der Waals surface area contributed by atoms with E-state index in [-0.39, 0.29) is 5.41 Å². The predicted octanol–water partition coefficient (Wildman–Crippen LogP) is 3.43. The van der Waals surface area contributed by atoms with Gasteiger partial charge in [0.1, 0.15) is 0 Å². The molecule has 4 heteroatoms. The number of rotatable bonds is 5. The number of nitrogens with one attached hydrogen (secondary N) is 1. The second-order valence-electron chi connectivity index (χ2n) is 5.91. The smallest absolute Gasteiger partial charge is 0.0847 e. The second kappa shape index (κ2) is 6.07. The van der Waals surface area contributed by atoms with E-state index in [1.165, 1.54) is 5.69 Å². The second-order valence-corrected chi connectivity index (χ2v) is 6.29. The lowest BCUT2D eigenvalue weighted by Gasteiger charge is -2.30. The van der Waals surface area contributed by atoms with Gasteiger partial charge in [-0.25, -0.2) is 0 Å². The zero-order valence-electron chi connectivity index (χ0n) is 12.5. The van der Waals surface area contributed by atoms with E-state index in [0.717, 1.165) is 30.1 Å². The van der Waals surface area contributed by atoms with Crippen LogP contribution in [0.25, 0.3) is 0 Å². The summed E-state index contributed by atoms with van der Waals surface area (Å²) in [7, 11) is 2.03. The Kier molecular flexibility index (Phi) is 5.23. The highest BCUT2D eigenvalue weighted by Crippen LogP contribution is 2.26. The molecule has 0 aliphatic carbocycles. The van der Waals surface area contributed by atoms with Crippen LogP contribution in [0.1, 0.15) is 45.5 Å². The maximum Gasteiger partial charge on any atom is 0.0847 e. The summed E-state index contributed by atoms with van der Waals surface area (Å²) >= 11 is 6.33. The Balaban J connectivity index is 2.79. The number of aryl methyl sites for hydroxylation is 2. The summed E-state index contributed by atoms with van der Waals surface area (Å²) < 4.78 is 2.02. The molecule has 0 aliphatic rings. The highest BCUT2D eigenvalue weighted by atomic mass is 35.5. The first-order valence-electron chi connectivity index (χ1n) is 6.70. The molecule has 1 atom stereocenters. The summed E-state index contributed by atoms with van der Waals surface area (Å²) in [6.07, 6.45) is 2.04. The van der Waals surface area contributed by atoms with Gasteiger partial charge in [0, 0.05) is 12.6 Å². The summed E-state index contributed by atoms with van der Waals surface area (Å²) in [6.45, 7) is 11.7. The first-order valence-corrected chi connectivity index (χ1v) is 7.08. The molecule has 1 aromatic rings. The Morgan fingerprint density at radius 3 is 2.44 bits per heavy atom. The normalized spacial score (nSPS) is 13.9. The molecule has 0 spiro atoms. The van der Waals surface area contributed by atoms with Gasteiger partial charge < -0.3 is 5.32 Å². The Morgan fingerprint density at radius 2 is 2.00 bits per heavy atom. The van der Waals surface area contributed by atoms with E-state index in [1.807, 2.05) is 18.7 Å². The van der Waals surface area contributed by atoms with E-state index in [1.54, 1.807) is 0 Å². The van der Waals surface area contributed by atoms with Crippen molar-refractivity contribution in [1.82, 2.24) is 15.1 Å². The van der Waals surface area contributed by atoms with Crippen molar-refractivity contribution >= 4 is 11.6 Å². The van der Waals surface area contributed by atoms with Gasteiger partial charge >= 0.3 is 0 Å². The van der Waals surface area contributed by atoms with E-state index < -0.39 is 0 Å². The minimum Gasteiger partial charge on any atom is -0.316 e. The fraction of sp³-hybridized carbons (Fsp3) is 0.786. The van der Waals surface area contributed by atoms with Crippen LogP contribution in [0.3, 0.4) is 0 Å². The third kappa shape index (κ3) is 3.48. The van der Waals surface area contributed by atoms with Gasteiger partial charge in [-0.15, -0.1) is 0 Å². The van der Waals surface area contributed by atoms with Crippen molar-refractivity contribution in [3.05, 3.63) is 16.4 Å². The molecule has 0 aliphatic heterocycles. The highest BCUT2D eigenvalue weighted by Gasteiger charge is 2.23. The van der Waals surface area contributed by atoms with Crippen molar-refractivity contribution < 1.29 is 0 Å². The van der Waals surface area contributed by atoms with E-state index in [4.69, 9.17) is 11.6 Å². The molecule has 1 heterocycles. The van der Waals surface area contributed by atoms with Crippen LogP contribution >= 0.6 is 11.6 Å². The molecule has 0 aromatic carbocycles. The maximum absolute atomic E-state index is 6.33. The van der Waals surface area contributed by atoms with Crippen molar-refractivity contribution in [2.45, 2.75) is 60.0 Å². The first-order chi connectivity index (χ1) is 8.31. The molecule has 18 heavy (non-hydrogen) atoms. The molecule has 0 amide bonds. The Morgan fingerprint density at radius 1 is 1.39 bits per heavy atom. The van der Waals surface area contributed by atoms with Gasteiger partial charge in [0.05, 0.1) is 16.4 Å². The number of halogens is 1. The lowest BCUT2D eigenvalue weighted by atomic mass is 9.84. The molecule has 1 N–H and O–H groups in total. The molecule has 104 valence electrons. The molecular weight excluding hydrogens is 246 g/mol. The Labute approximate surface area is 116 Å². The average molecular weight is 272 g/mol. The Bertz CT molecular complexity index is 390. The fourth-order valence-corrected chi connectivity index (χ4v) is 2.63. The van der Waals surface area contributed by atoms with Crippen LogP contribution in [0.2, 0.25) is 5.02 Å². The number of hydrogen-bond donors (Lipinski definition) is 1. The molecule has 0 saturated carbocycles. The minimum absolute atomic E-state index is 0.257. The molecule has 0 saturated heterocycles. The lowest BCUT2D eigenvalue weighted by molar-refractivity contribution is 0.266. The zero-order valence-corrected chi connectivity index (χ0v) is 13.2. The van der Waals surface area contributed by atoms with Gasteiger partial charge in [-0.3, -0.25) is 4.68 Å².